The topological polar surface area (TPSA) is 36.4 Å². The molecule has 5 heteroatoms. The summed E-state index contributed by atoms with van der Waals surface area (Å²) in [6.07, 6.45) is 3.99. The van der Waals surface area contributed by atoms with Crippen molar-refractivity contribution in [3.8, 4) is 0 Å². The van der Waals surface area contributed by atoms with E-state index in [-0.39, 0.29) is 24.0 Å². The van der Waals surface area contributed by atoms with Gasteiger partial charge in [0, 0.05) is 24.9 Å². The van der Waals surface area contributed by atoms with Crippen LogP contribution in [0.1, 0.15) is 36.8 Å². The van der Waals surface area contributed by atoms with Crippen LogP contribution in [0.5, 0.6) is 0 Å². The predicted molar refractivity (Wildman–Crippen MR) is 115 cm³/mol. The SMILES string of the molecule is CCNC(=NCC1C2Cc3ccccc3C12)NCC1CCCS1.I. The molecule has 1 aliphatic heterocycles. The van der Waals surface area contributed by atoms with Gasteiger partial charge in [-0.15, -0.1) is 24.0 Å². The largest absolute Gasteiger partial charge is 0.357 e. The molecule has 0 radical (unpaired) electrons. The van der Waals surface area contributed by atoms with Crippen LogP contribution >= 0.6 is 35.7 Å². The van der Waals surface area contributed by atoms with Crippen LogP contribution < -0.4 is 10.6 Å². The first kappa shape index (κ1) is 18.4. The van der Waals surface area contributed by atoms with Gasteiger partial charge in [-0.2, -0.15) is 11.8 Å². The average molecular weight is 457 g/mol. The molecule has 2 aliphatic carbocycles. The standard InChI is InChI=1S/C19H27N3S.HI/c1-2-20-19(21-11-14-7-5-9-23-14)22-12-17-16-10-13-6-3-4-8-15(13)18(16)17;/h3-4,6,8,14,16-18H,2,5,7,9-12H2,1H3,(H2,20,21,22);1H. The van der Waals surface area contributed by atoms with Gasteiger partial charge in [-0.05, 0) is 60.8 Å². The Bertz CT molecular complexity index is 586. The molecule has 1 aromatic rings. The van der Waals surface area contributed by atoms with Crippen LogP contribution in [0.2, 0.25) is 0 Å². The zero-order valence-corrected chi connectivity index (χ0v) is 17.5. The number of thioether (sulfide) groups is 1. The normalized spacial score (nSPS) is 30.3. The monoisotopic (exact) mass is 457 g/mol. The Morgan fingerprint density at radius 3 is 2.96 bits per heavy atom. The first-order valence-electron chi connectivity index (χ1n) is 9.08. The minimum atomic E-state index is 0. The van der Waals surface area contributed by atoms with Gasteiger partial charge in [0.15, 0.2) is 5.96 Å². The molecule has 4 unspecified atom stereocenters. The highest BCUT2D eigenvalue weighted by atomic mass is 127. The van der Waals surface area contributed by atoms with Crippen molar-refractivity contribution < 1.29 is 0 Å². The lowest BCUT2D eigenvalue weighted by molar-refractivity contribution is 0.686. The second-order valence-corrected chi connectivity index (χ2v) is 8.40. The van der Waals surface area contributed by atoms with Crippen LogP contribution in [0, 0.1) is 11.8 Å². The van der Waals surface area contributed by atoms with E-state index >= 15 is 0 Å². The summed E-state index contributed by atoms with van der Waals surface area (Å²) >= 11 is 2.10. The van der Waals surface area contributed by atoms with Gasteiger partial charge in [0.05, 0.1) is 0 Å². The van der Waals surface area contributed by atoms with E-state index in [1.807, 2.05) is 0 Å². The van der Waals surface area contributed by atoms with Crippen molar-refractivity contribution in [2.75, 3.05) is 25.4 Å². The van der Waals surface area contributed by atoms with E-state index in [0.29, 0.717) is 0 Å². The highest BCUT2D eigenvalue weighted by Crippen LogP contribution is 2.61. The summed E-state index contributed by atoms with van der Waals surface area (Å²) < 4.78 is 0. The van der Waals surface area contributed by atoms with Gasteiger partial charge < -0.3 is 10.6 Å². The molecule has 0 amide bonds. The third-order valence-corrected chi connectivity index (χ3v) is 6.93. The molecule has 2 N–H and O–H groups in total. The fourth-order valence-corrected chi connectivity index (χ4v) is 5.49. The van der Waals surface area contributed by atoms with E-state index in [1.165, 1.54) is 25.0 Å². The van der Waals surface area contributed by atoms with Crippen molar-refractivity contribution in [3.05, 3.63) is 35.4 Å². The lowest BCUT2D eigenvalue weighted by atomic mass is 10.0. The summed E-state index contributed by atoms with van der Waals surface area (Å²) in [5, 5.41) is 7.72. The average Bonchev–Trinajstić information content (AvgIpc) is 2.96. The number of fused-ring (bicyclic) bond motifs is 3. The molecular formula is C19H28IN3S. The van der Waals surface area contributed by atoms with Gasteiger partial charge >= 0.3 is 0 Å². The van der Waals surface area contributed by atoms with Crippen molar-refractivity contribution in [3.63, 3.8) is 0 Å². The third kappa shape index (κ3) is 3.87. The van der Waals surface area contributed by atoms with Gasteiger partial charge in [0.25, 0.3) is 0 Å². The Kier molecular flexibility index (Phi) is 6.35. The highest BCUT2D eigenvalue weighted by Gasteiger charge is 2.54. The van der Waals surface area contributed by atoms with Gasteiger partial charge in [-0.25, -0.2) is 0 Å². The maximum absolute atomic E-state index is 4.88. The van der Waals surface area contributed by atoms with Crippen LogP contribution in [0.25, 0.3) is 0 Å². The van der Waals surface area contributed by atoms with Crippen molar-refractivity contribution in [1.82, 2.24) is 10.6 Å². The first-order chi connectivity index (χ1) is 11.4. The molecule has 24 heavy (non-hydrogen) atoms. The number of benzene rings is 1. The second-order valence-electron chi connectivity index (χ2n) is 6.99. The maximum Gasteiger partial charge on any atom is 0.191 e. The molecule has 0 spiro atoms. The van der Waals surface area contributed by atoms with Crippen molar-refractivity contribution in [2.24, 2.45) is 16.8 Å². The number of aliphatic imine (C=N–C) groups is 1. The van der Waals surface area contributed by atoms with E-state index in [0.717, 1.165) is 48.6 Å². The Morgan fingerprint density at radius 2 is 2.17 bits per heavy atom. The molecular weight excluding hydrogens is 429 g/mol. The summed E-state index contributed by atoms with van der Waals surface area (Å²) in [6.45, 7) is 5.10. The molecule has 132 valence electrons. The van der Waals surface area contributed by atoms with Crippen LogP contribution in [0.4, 0.5) is 0 Å². The van der Waals surface area contributed by atoms with Crippen molar-refractivity contribution in [1.29, 1.82) is 0 Å². The highest BCUT2D eigenvalue weighted by molar-refractivity contribution is 14.0. The summed E-state index contributed by atoms with van der Waals surface area (Å²) in [7, 11) is 0. The molecule has 1 saturated carbocycles. The van der Waals surface area contributed by atoms with Crippen LogP contribution in [-0.2, 0) is 6.42 Å². The fourth-order valence-electron chi connectivity index (χ4n) is 4.29. The van der Waals surface area contributed by atoms with E-state index in [9.17, 15) is 0 Å². The predicted octanol–water partition coefficient (Wildman–Crippen LogP) is 3.64. The molecule has 3 aliphatic rings. The molecule has 3 nitrogen and oxygen atoms in total. The minimum Gasteiger partial charge on any atom is -0.357 e. The number of rotatable bonds is 5. The molecule has 0 bridgehead atoms. The van der Waals surface area contributed by atoms with E-state index < -0.39 is 0 Å². The Labute approximate surface area is 166 Å². The van der Waals surface area contributed by atoms with Crippen LogP contribution in [0.15, 0.2) is 29.3 Å². The zero-order valence-electron chi connectivity index (χ0n) is 14.3. The van der Waals surface area contributed by atoms with E-state index in [4.69, 9.17) is 4.99 Å². The number of hydrogen-bond acceptors (Lipinski definition) is 2. The Hall–Kier alpha value is -0.430. The van der Waals surface area contributed by atoms with Gasteiger partial charge in [-0.1, -0.05) is 24.3 Å². The maximum atomic E-state index is 4.88. The molecule has 1 aromatic carbocycles. The lowest BCUT2D eigenvalue weighted by Gasteiger charge is -2.14. The summed E-state index contributed by atoms with van der Waals surface area (Å²) in [6, 6.07) is 8.98. The second kappa shape index (κ2) is 8.30. The first-order valence-corrected chi connectivity index (χ1v) is 10.1. The molecule has 1 saturated heterocycles. The van der Waals surface area contributed by atoms with Gasteiger partial charge in [0.1, 0.15) is 0 Å². The third-order valence-electron chi connectivity index (χ3n) is 5.53. The van der Waals surface area contributed by atoms with E-state index in [2.05, 4.69) is 53.6 Å². The van der Waals surface area contributed by atoms with E-state index in [1.54, 1.807) is 11.1 Å². The molecule has 4 rings (SSSR count). The zero-order chi connectivity index (χ0) is 15.6. The fraction of sp³-hybridized carbons (Fsp3) is 0.632. The summed E-state index contributed by atoms with van der Waals surface area (Å²) in [4.78, 5) is 4.88. The quantitative estimate of drug-likeness (QED) is 0.403. The molecule has 4 atom stereocenters. The van der Waals surface area contributed by atoms with Crippen molar-refractivity contribution in [2.45, 2.75) is 37.4 Å². The lowest BCUT2D eigenvalue weighted by Crippen LogP contribution is -2.40. The Balaban J connectivity index is 0.00000169. The molecule has 0 aromatic heterocycles. The van der Waals surface area contributed by atoms with Gasteiger partial charge in [0.2, 0.25) is 0 Å². The smallest absolute Gasteiger partial charge is 0.191 e. The molecule has 2 fully saturated rings. The van der Waals surface area contributed by atoms with Crippen molar-refractivity contribution >= 4 is 41.7 Å². The number of hydrogen-bond donors (Lipinski definition) is 2. The van der Waals surface area contributed by atoms with Crippen LogP contribution in [-0.4, -0.2) is 36.6 Å². The minimum absolute atomic E-state index is 0. The van der Waals surface area contributed by atoms with Gasteiger partial charge in [-0.3, -0.25) is 4.99 Å². The number of nitrogens with one attached hydrogen (secondary N) is 2. The number of guanidine groups is 1. The van der Waals surface area contributed by atoms with Crippen LogP contribution in [0.3, 0.4) is 0 Å². The molecule has 1 heterocycles. The summed E-state index contributed by atoms with van der Waals surface area (Å²) in [5.41, 5.74) is 3.17. The Morgan fingerprint density at radius 1 is 1.29 bits per heavy atom. The number of halogens is 1. The summed E-state index contributed by atoms with van der Waals surface area (Å²) in [5.74, 6) is 4.73. The number of nitrogens with zero attached hydrogens (tertiary/aromatic N) is 1.